The van der Waals surface area contributed by atoms with Crippen LogP contribution in [0, 0.1) is 16.7 Å². The third-order valence-electron chi connectivity index (χ3n) is 3.44. The lowest BCUT2D eigenvalue weighted by atomic mass is 9.88. The molecule has 0 N–H and O–H groups in total. The second-order valence-corrected chi connectivity index (χ2v) is 5.99. The Morgan fingerprint density at radius 3 is 2.78 bits per heavy atom. The second kappa shape index (κ2) is 8.50. The lowest BCUT2D eigenvalue weighted by Gasteiger charge is -2.29. The molecule has 0 aromatic heterocycles. The number of rotatable bonds is 8. The molecule has 1 saturated heterocycles. The fraction of sp³-hybridized carbons (Fsp3) is 0.933. The van der Waals surface area contributed by atoms with Gasteiger partial charge in [0.05, 0.1) is 12.7 Å². The molecule has 0 radical (unpaired) electrons. The predicted octanol–water partition coefficient (Wildman–Crippen LogP) is 4.03. The Balaban J connectivity index is 2.08. The summed E-state index contributed by atoms with van der Waals surface area (Å²) in [7, 11) is 0. The maximum Gasteiger partial charge on any atom is 0.157 e. The molecular formula is C15H27NO2. The number of nitriles is 1. The zero-order valence-electron chi connectivity index (χ0n) is 11.9. The molecule has 0 amide bonds. The van der Waals surface area contributed by atoms with Gasteiger partial charge in [-0.05, 0) is 37.5 Å². The predicted molar refractivity (Wildman–Crippen MR) is 72.0 cm³/mol. The molecule has 104 valence electrons. The zero-order valence-corrected chi connectivity index (χ0v) is 11.9. The van der Waals surface area contributed by atoms with Gasteiger partial charge in [0.2, 0.25) is 0 Å². The number of unbranched alkanes of at least 4 members (excludes halogenated alkanes) is 3. The quantitative estimate of drug-likeness (QED) is 0.613. The van der Waals surface area contributed by atoms with Crippen molar-refractivity contribution in [3.63, 3.8) is 0 Å². The highest BCUT2D eigenvalue weighted by molar-refractivity contribution is 4.71. The summed E-state index contributed by atoms with van der Waals surface area (Å²) in [5.41, 5.74) is 0.216. The van der Waals surface area contributed by atoms with Crippen molar-refractivity contribution in [1.29, 1.82) is 5.26 Å². The van der Waals surface area contributed by atoms with E-state index in [9.17, 15) is 0 Å². The van der Waals surface area contributed by atoms with Crippen molar-refractivity contribution in [1.82, 2.24) is 0 Å². The highest BCUT2D eigenvalue weighted by atomic mass is 16.7. The lowest BCUT2D eigenvalue weighted by Crippen LogP contribution is -2.28. The van der Waals surface area contributed by atoms with Crippen LogP contribution >= 0.6 is 0 Å². The van der Waals surface area contributed by atoms with Crippen LogP contribution in [0.4, 0.5) is 0 Å². The third kappa shape index (κ3) is 6.98. The molecule has 0 bridgehead atoms. The zero-order chi connectivity index (χ0) is 13.3. The topological polar surface area (TPSA) is 42.2 Å². The van der Waals surface area contributed by atoms with Crippen LogP contribution < -0.4 is 0 Å². The van der Waals surface area contributed by atoms with E-state index in [2.05, 4.69) is 19.9 Å². The van der Waals surface area contributed by atoms with Crippen LogP contribution in [-0.2, 0) is 9.47 Å². The van der Waals surface area contributed by atoms with E-state index in [4.69, 9.17) is 14.7 Å². The average Bonchev–Trinajstić information content (AvgIpc) is 2.38. The summed E-state index contributed by atoms with van der Waals surface area (Å²) in [6.45, 7) is 6.12. The summed E-state index contributed by atoms with van der Waals surface area (Å²) in [6, 6.07) is 2.19. The van der Waals surface area contributed by atoms with E-state index in [-0.39, 0.29) is 11.7 Å². The normalized spacial score (nSPS) is 20.6. The summed E-state index contributed by atoms with van der Waals surface area (Å²) >= 11 is 0. The van der Waals surface area contributed by atoms with Crippen molar-refractivity contribution in [3.05, 3.63) is 0 Å². The first kappa shape index (κ1) is 15.5. The van der Waals surface area contributed by atoms with Crippen molar-refractivity contribution >= 4 is 0 Å². The molecule has 1 atom stereocenters. The highest BCUT2D eigenvalue weighted by Gasteiger charge is 2.21. The number of ether oxygens (including phenoxy) is 2. The van der Waals surface area contributed by atoms with E-state index >= 15 is 0 Å². The molecule has 0 spiro atoms. The van der Waals surface area contributed by atoms with Gasteiger partial charge in [-0.3, -0.25) is 0 Å². The maximum atomic E-state index is 8.47. The number of hydrogen-bond donors (Lipinski definition) is 0. The van der Waals surface area contributed by atoms with Gasteiger partial charge in [-0.25, -0.2) is 0 Å². The molecule has 0 saturated carbocycles. The molecule has 0 aliphatic carbocycles. The highest BCUT2D eigenvalue weighted by Crippen LogP contribution is 2.26. The molecule has 18 heavy (non-hydrogen) atoms. The van der Waals surface area contributed by atoms with E-state index in [1.807, 2.05) is 0 Å². The van der Waals surface area contributed by atoms with Crippen LogP contribution in [0.5, 0.6) is 0 Å². The van der Waals surface area contributed by atoms with Crippen LogP contribution in [-0.4, -0.2) is 19.5 Å². The molecule has 1 heterocycles. The lowest BCUT2D eigenvalue weighted by molar-refractivity contribution is -0.176. The van der Waals surface area contributed by atoms with E-state index in [0.29, 0.717) is 6.42 Å². The van der Waals surface area contributed by atoms with Crippen molar-refractivity contribution in [3.8, 4) is 6.07 Å². The summed E-state index contributed by atoms with van der Waals surface area (Å²) < 4.78 is 11.4. The monoisotopic (exact) mass is 253 g/mol. The Hall–Kier alpha value is -0.590. The first-order valence-corrected chi connectivity index (χ1v) is 7.24. The van der Waals surface area contributed by atoms with Gasteiger partial charge >= 0.3 is 0 Å². The third-order valence-corrected chi connectivity index (χ3v) is 3.44. The smallest absolute Gasteiger partial charge is 0.157 e. The van der Waals surface area contributed by atoms with Crippen LogP contribution in [0.25, 0.3) is 0 Å². The van der Waals surface area contributed by atoms with Gasteiger partial charge in [0.25, 0.3) is 0 Å². The molecule has 0 aromatic carbocycles. The SMILES string of the molecule is CC(C)(CCCCCC#N)COC1CCCCO1. The maximum absolute atomic E-state index is 8.47. The fourth-order valence-corrected chi connectivity index (χ4v) is 2.22. The molecule has 0 aromatic rings. The fourth-order valence-electron chi connectivity index (χ4n) is 2.22. The summed E-state index contributed by atoms with van der Waals surface area (Å²) in [6.07, 6.45) is 8.66. The van der Waals surface area contributed by atoms with E-state index in [1.165, 1.54) is 19.3 Å². The largest absolute Gasteiger partial charge is 0.353 e. The van der Waals surface area contributed by atoms with Crippen LogP contribution in [0.1, 0.15) is 65.2 Å². The Labute approximate surface area is 111 Å². The molecular weight excluding hydrogens is 226 g/mol. The standard InChI is InChI=1S/C15H27NO2/c1-15(2,10-6-3-4-7-11-16)13-18-14-9-5-8-12-17-14/h14H,3-10,12-13H2,1-2H3. The minimum absolute atomic E-state index is 0.0246. The van der Waals surface area contributed by atoms with E-state index < -0.39 is 0 Å². The van der Waals surface area contributed by atoms with E-state index in [1.54, 1.807) is 0 Å². The van der Waals surface area contributed by atoms with Crippen molar-refractivity contribution in [2.24, 2.45) is 5.41 Å². The summed E-state index contributed by atoms with van der Waals surface area (Å²) in [5.74, 6) is 0. The van der Waals surface area contributed by atoms with Gasteiger partial charge in [0.15, 0.2) is 6.29 Å². The Bertz CT molecular complexity index is 252. The van der Waals surface area contributed by atoms with E-state index in [0.717, 1.165) is 38.9 Å². The van der Waals surface area contributed by atoms with Crippen molar-refractivity contribution < 1.29 is 9.47 Å². The number of hydrogen-bond acceptors (Lipinski definition) is 3. The minimum Gasteiger partial charge on any atom is -0.353 e. The van der Waals surface area contributed by atoms with Gasteiger partial charge in [-0.2, -0.15) is 5.26 Å². The molecule has 1 fully saturated rings. The first-order chi connectivity index (χ1) is 8.64. The van der Waals surface area contributed by atoms with Crippen molar-refractivity contribution in [2.75, 3.05) is 13.2 Å². The second-order valence-electron chi connectivity index (χ2n) is 5.99. The molecule has 1 unspecified atom stereocenters. The Morgan fingerprint density at radius 2 is 2.11 bits per heavy atom. The first-order valence-electron chi connectivity index (χ1n) is 7.24. The Kier molecular flexibility index (Phi) is 7.31. The van der Waals surface area contributed by atoms with Gasteiger partial charge in [-0.15, -0.1) is 0 Å². The molecule has 1 aliphatic rings. The molecule has 1 rings (SSSR count). The number of nitrogens with zero attached hydrogens (tertiary/aromatic N) is 1. The Morgan fingerprint density at radius 1 is 1.28 bits per heavy atom. The van der Waals surface area contributed by atoms with Crippen LogP contribution in [0.15, 0.2) is 0 Å². The molecule has 3 heteroatoms. The molecule has 1 aliphatic heterocycles. The van der Waals surface area contributed by atoms with Gasteiger partial charge in [0, 0.05) is 13.0 Å². The summed E-state index contributed by atoms with van der Waals surface area (Å²) in [4.78, 5) is 0. The van der Waals surface area contributed by atoms with Gasteiger partial charge < -0.3 is 9.47 Å². The van der Waals surface area contributed by atoms with Crippen LogP contribution in [0.3, 0.4) is 0 Å². The minimum atomic E-state index is 0.0246. The van der Waals surface area contributed by atoms with Crippen molar-refractivity contribution in [2.45, 2.75) is 71.5 Å². The summed E-state index contributed by atoms with van der Waals surface area (Å²) in [5, 5.41) is 8.47. The average molecular weight is 253 g/mol. The van der Waals surface area contributed by atoms with Gasteiger partial charge in [-0.1, -0.05) is 26.7 Å². The molecule has 3 nitrogen and oxygen atoms in total. The van der Waals surface area contributed by atoms with Gasteiger partial charge in [0.1, 0.15) is 0 Å². The van der Waals surface area contributed by atoms with Crippen LogP contribution in [0.2, 0.25) is 0 Å².